The van der Waals surface area contributed by atoms with Gasteiger partial charge in [0, 0.05) is 43.5 Å². The van der Waals surface area contributed by atoms with Crippen LogP contribution in [0.4, 0.5) is 4.79 Å². The highest BCUT2D eigenvalue weighted by Crippen LogP contribution is 2.46. The average Bonchev–Trinajstić information content (AvgIpc) is 3.27. The van der Waals surface area contributed by atoms with Crippen LogP contribution < -0.4 is 5.32 Å². The Hall–Kier alpha value is -0.460. The lowest BCUT2D eigenvalue weighted by molar-refractivity contribution is -0.00648. The Balaban J connectivity index is 1.83. The monoisotopic (exact) mass is 358 g/mol. The van der Waals surface area contributed by atoms with E-state index in [1.807, 2.05) is 37.4 Å². The molecule has 0 bridgehead atoms. The van der Waals surface area contributed by atoms with Gasteiger partial charge in [0.1, 0.15) is 5.60 Å². The van der Waals surface area contributed by atoms with Crippen LogP contribution in [0.1, 0.15) is 46.5 Å². The molecule has 1 heterocycles. The van der Waals surface area contributed by atoms with Crippen molar-refractivity contribution in [1.29, 1.82) is 0 Å². The molecule has 0 aromatic heterocycles. The Morgan fingerprint density at radius 1 is 1.17 bits per heavy atom. The highest BCUT2D eigenvalue weighted by molar-refractivity contribution is 8.00. The smallest absolute Gasteiger partial charge is 0.410 e. The second-order valence-corrected chi connectivity index (χ2v) is 9.67. The van der Waals surface area contributed by atoms with Gasteiger partial charge in [-0.15, -0.1) is 0 Å². The van der Waals surface area contributed by atoms with Gasteiger partial charge in [-0.05, 0) is 52.7 Å². The molecule has 0 aromatic rings. The number of likely N-dealkylation sites (tertiary alicyclic amines) is 1. The summed E-state index contributed by atoms with van der Waals surface area (Å²) in [5, 5.41) is 3.68. The Bertz CT molecular complexity index is 424. The van der Waals surface area contributed by atoms with Crippen LogP contribution in [0, 0.1) is 5.41 Å². The van der Waals surface area contributed by atoms with Crippen molar-refractivity contribution in [2.45, 2.75) is 56.8 Å². The minimum absolute atomic E-state index is 0.127. The molecular formula is C18H34N2O3S. The molecule has 140 valence electrons. The van der Waals surface area contributed by atoms with Gasteiger partial charge in [0.15, 0.2) is 0 Å². The minimum Gasteiger partial charge on any atom is -0.444 e. The first-order chi connectivity index (χ1) is 11.2. The van der Waals surface area contributed by atoms with E-state index in [-0.39, 0.29) is 11.5 Å². The van der Waals surface area contributed by atoms with E-state index in [1.165, 1.54) is 12.8 Å². The number of nitrogens with zero attached hydrogens (tertiary/aromatic N) is 1. The van der Waals surface area contributed by atoms with Crippen LogP contribution in [0.25, 0.3) is 0 Å². The van der Waals surface area contributed by atoms with E-state index in [4.69, 9.17) is 9.47 Å². The summed E-state index contributed by atoms with van der Waals surface area (Å²) in [5.74, 6) is 0. The van der Waals surface area contributed by atoms with Crippen molar-refractivity contribution in [2.75, 3.05) is 46.2 Å². The standard InChI is InChI=1S/C18H34N2O3S/c1-16(2,3)23-15(21)20-10-8-17(9-11-20,14-22-4)12-19-13-18(24-5)6-7-18/h19H,6-14H2,1-5H3. The SMILES string of the molecule is COCC1(CNCC2(SC)CC2)CCN(C(=O)OC(C)(C)C)CC1. The molecular weight excluding hydrogens is 324 g/mol. The zero-order valence-electron chi connectivity index (χ0n) is 15.9. The molecule has 1 saturated carbocycles. The summed E-state index contributed by atoms with van der Waals surface area (Å²) >= 11 is 1.98. The van der Waals surface area contributed by atoms with E-state index in [2.05, 4.69) is 11.6 Å². The molecule has 2 rings (SSSR count). The average molecular weight is 359 g/mol. The second kappa shape index (κ2) is 7.83. The van der Waals surface area contributed by atoms with Crippen molar-refractivity contribution in [3.63, 3.8) is 0 Å². The number of hydrogen-bond donors (Lipinski definition) is 1. The first-order valence-electron chi connectivity index (χ1n) is 8.96. The number of hydrogen-bond acceptors (Lipinski definition) is 5. The van der Waals surface area contributed by atoms with E-state index in [9.17, 15) is 4.79 Å². The van der Waals surface area contributed by atoms with Gasteiger partial charge in [-0.1, -0.05) is 0 Å². The lowest BCUT2D eigenvalue weighted by atomic mass is 9.79. The van der Waals surface area contributed by atoms with Gasteiger partial charge >= 0.3 is 6.09 Å². The van der Waals surface area contributed by atoms with Crippen molar-refractivity contribution in [2.24, 2.45) is 5.41 Å². The molecule has 1 aliphatic carbocycles. The number of piperidine rings is 1. The predicted octanol–water partition coefficient (Wildman–Crippen LogP) is 3.14. The summed E-state index contributed by atoms with van der Waals surface area (Å²) < 4.78 is 11.5. The van der Waals surface area contributed by atoms with Crippen LogP contribution in [-0.2, 0) is 9.47 Å². The quantitative estimate of drug-likeness (QED) is 0.758. The predicted molar refractivity (Wildman–Crippen MR) is 99.7 cm³/mol. The third-order valence-electron chi connectivity index (χ3n) is 5.11. The summed E-state index contributed by atoms with van der Waals surface area (Å²) in [7, 11) is 1.77. The van der Waals surface area contributed by atoms with Gasteiger partial charge in [0.2, 0.25) is 0 Å². The fraction of sp³-hybridized carbons (Fsp3) is 0.944. The number of rotatable bonds is 7. The van der Waals surface area contributed by atoms with E-state index >= 15 is 0 Å². The molecule has 0 spiro atoms. The van der Waals surface area contributed by atoms with E-state index in [0.717, 1.165) is 45.6 Å². The van der Waals surface area contributed by atoms with E-state index < -0.39 is 5.60 Å². The van der Waals surface area contributed by atoms with Crippen LogP contribution in [-0.4, -0.2) is 67.5 Å². The van der Waals surface area contributed by atoms with Crippen LogP contribution in [0.2, 0.25) is 0 Å². The number of carbonyl (C=O) groups excluding carboxylic acids is 1. The van der Waals surface area contributed by atoms with E-state index in [1.54, 1.807) is 7.11 Å². The Kier molecular flexibility index (Phi) is 6.48. The largest absolute Gasteiger partial charge is 0.444 e. The number of methoxy groups -OCH3 is 1. The molecule has 1 aliphatic heterocycles. The number of thioether (sulfide) groups is 1. The van der Waals surface area contributed by atoms with Gasteiger partial charge in [-0.3, -0.25) is 0 Å². The van der Waals surface area contributed by atoms with Gasteiger partial charge in [-0.25, -0.2) is 4.79 Å². The lowest BCUT2D eigenvalue weighted by Gasteiger charge is -2.42. The first-order valence-corrected chi connectivity index (χ1v) is 10.2. The second-order valence-electron chi connectivity index (χ2n) is 8.39. The molecule has 5 nitrogen and oxygen atoms in total. The fourth-order valence-electron chi connectivity index (χ4n) is 3.32. The first kappa shape index (κ1) is 19.9. The summed E-state index contributed by atoms with van der Waals surface area (Å²) in [4.78, 5) is 14.1. The highest BCUT2D eigenvalue weighted by atomic mass is 32.2. The van der Waals surface area contributed by atoms with Crippen molar-refractivity contribution >= 4 is 17.9 Å². The number of ether oxygens (including phenoxy) is 2. The summed E-state index contributed by atoms with van der Waals surface area (Å²) in [6.45, 7) is 10.0. The van der Waals surface area contributed by atoms with Gasteiger partial charge in [-0.2, -0.15) is 11.8 Å². The Morgan fingerprint density at radius 2 is 1.79 bits per heavy atom. The molecule has 6 heteroatoms. The van der Waals surface area contributed by atoms with Crippen LogP contribution in [0.5, 0.6) is 0 Å². The molecule has 0 radical (unpaired) electrons. The molecule has 2 aliphatic rings. The van der Waals surface area contributed by atoms with Crippen molar-refractivity contribution < 1.29 is 14.3 Å². The van der Waals surface area contributed by atoms with E-state index in [0.29, 0.717) is 4.75 Å². The molecule has 2 fully saturated rings. The number of carbonyl (C=O) groups is 1. The summed E-state index contributed by atoms with van der Waals surface area (Å²) in [5.41, 5.74) is -0.308. The Labute approximate surface area is 151 Å². The summed E-state index contributed by atoms with van der Waals surface area (Å²) in [6.07, 6.45) is 6.58. The Morgan fingerprint density at radius 3 is 2.25 bits per heavy atom. The maximum atomic E-state index is 12.2. The van der Waals surface area contributed by atoms with Crippen molar-refractivity contribution in [3.8, 4) is 0 Å². The van der Waals surface area contributed by atoms with Gasteiger partial charge in [0.25, 0.3) is 0 Å². The molecule has 0 atom stereocenters. The molecule has 1 saturated heterocycles. The number of amides is 1. The topological polar surface area (TPSA) is 50.8 Å². The zero-order chi connectivity index (χ0) is 17.8. The molecule has 0 unspecified atom stereocenters. The summed E-state index contributed by atoms with van der Waals surface area (Å²) in [6, 6.07) is 0. The maximum absolute atomic E-state index is 12.2. The van der Waals surface area contributed by atoms with Crippen LogP contribution >= 0.6 is 11.8 Å². The fourth-order valence-corrected chi connectivity index (χ4v) is 4.07. The third-order valence-corrected chi connectivity index (χ3v) is 6.53. The van der Waals surface area contributed by atoms with Crippen LogP contribution in [0.15, 0.2) is 0 Å². The van der Waals surface area contributed by atoms with Crippen molar-refractivity contribution in [1.82, 2.24) is 10.2 Å². The third kappa shape index (κ3) is 5.53. The normalized spacial score (nSPS) is 22.3. The minimum atomic E-state index is -0.434. The molecule has 0 aromatic carbocycles. The van der Waals surface area contributed by atoms with Gasteiger partial charge < -0.3 is 19.7 Å². The zero-order valence-corrected chi connectivity index (χ0v) is 16.8. The van der Waals surface area contributed by atoms with Crippen LogP contribution in [0.3, 0.4) is 0 Å². The van der Waals surface area contributed by atoms with Gasteiger partial charge in [0.05, 0.1) is 6.61 Å². The maximum Gasteiger partial charge on any atom is 0.410 e. The molecule has 1 amide bonds. The lowest BCUT2D eigenvalue weighted by Crippen LogP contribution is -2.50. The highest BCUT2D eigenvalue weighted by Gasteiger charge is 2.43. The number of nitrogens with one attached hydrogen (secondary N) is 1. The van der Waals surface area contributed by atoms with Crippen molar-refractivity contribution in [3.05, 3.63) is 0 Å². The molecule has 24 heavy (non-hydrogen) atoms. The molecule has 1 N–H and O–H groups in total.